The first kappa shape index (κ1) is 20.9. The smallest absolute Gasteiger partial charge is 0.154 e. The van der Waals surface area contributed by atoms with E-state index in [0.717, 1.165) is 0 Å². The number of fused-ring (bicyclic) bond motifs is 8. The van der Waals surface area contributed by atoms with Crippen molar-refractivity contribution in [3.63, 3.8) is 0 Å². The largest absolute Gasteiger partial charge is 0.507 e. The van der Waals surface area contributed by atoms with Crippen LogP contribution >= 0.6 is 0 Å². The second-order valence-electron chi connectivity index (χ2n) is 7.31. The molecule has 8 bridgehead atoms. The van der Waals surface area contributed by atoms with Gasteiger partial charge in [0.2, 0.25) is 0 Å². The Kier molecular flexibility index (Phi) is 5.69. The number of pyridine rings is 2. The molecule has 2 N–H and O–H groups in total. The third-order valence-corrected chi connectivity index (χ3v) is 4.98. The summed E-state index contributed by atoms with van der Waals surface area (Å²) >= 11 is 0. The van der Waals surface area contributed by atoms with Gasteiger partial charge in [-0.05, 0) is 48.5 Å². The highest BCUT2D eigenvalue weighted by molar-refractivity contribution is 5.94. The number of phenolic OH excluding ortho intramolecular Hbond substituents is 2. The van der Waals surface area contributed by atoms with Crippen LogP contribution in [-0.4, -0.2) is 45.0 Å². The normalized spacial score (nSPS) is 16.2. The number of hydrogen-bond donors (Lipinski definition) is 2. The second-order valence-corrected chi connectivity index (χ2v) is 7.31. The van der Waals surface area contributed by atoms with Gasteiger partial charge in [-0.1, -0.05) is 24.3 Å². The molecule has 5 rings (SSSR count). The number of aromatic nitrogens is 2. The van der Waals surface area contributed by atoms with E-state index < -0.39 is 0 Å². The lowest BCUT2D eigenvalue weighted by molar-refractivity contribution is 0.473. The van der Waals surface area contributed by atoms with Crippen LogP contribution < -0.4 is 0 Å². The molecule has 8 nitrogen and oxygen atoms in total. The van der Waals surface area contributed by atoms with E-state index in [9.17, 15) is 10.2 Å². The summed E-state index contributed by atoms with van der Waals surface area (Å²) in [7, 11) is 0. The lowest BCUT2D eigenvalue weighted by atomic mass is 10.1. The zero-order valence-electron chi connectivity index (χ0n) is 17.8. The van der Waals surface area contributed by atoms with Crippen molar-refractivity contribution in [1.82, 2.24) is 9.97 Å². The first-order chi connectivity index (χ1) is 16.7. The second kappa shape index (κ2) is 9.25. The minimum atomic E-state index is 0.0433. The van der Waals surface area contributed by atoms with Gasteiger partial charge in [-0.15, -0.1) is 0 Å². The van der Waals surface area contributed by atoms with E-state index in [1.54, 1.807) is 72.8 Å². The molecule has 0 saturated heterocycles. The molecule has 0 fully saturated rings. The fourth-order valence-corrected chi connectivity index (χ4v) is 3.23. The van der Waals surface area contributed by atoms with Gasteiger partial charge in [0.05, 0.1) is 0 Å². The van der Waals surface area contributed by atoms with Crippen molar-refractivity contribution in [2.45, 2.75) is 0 Å². The Morgan fingerprint density at radius 2 is 0.647 bits per heavy atom. The van der Waals surface area contributed by atoms with Crippen molar-refractivity contribution in [1.29, 1.82) is 0 Å². The van der Waals surface area contributed by atoms with Crippen LogP contribution in [0.3, 0.4) is 0 Å². The summed E-state index contributed by atoms with van der Waals surface area (Å²) in [4.78, 5) is 26.3. The highest BCUT2D eigenvalue weighted by atomic mass is 16.3. The molecule has 3 heterocycles. The van der Waals surface area contributed by atoms with Gasteiger partial charge < -0.3 is 10.2 Å². The summed E-state index contributed by atoms with van der Waals surface area (Å²) in [5.41, 5.74) is 2.06. The SMILES string of the molecule is Oc1c2cccc1/C=N/c1cccc(n1)/N=C/c1cccc(c1O)/C=N/c1cccc(n1)/N=C/2. The Balaban J connectivity index is 1.64. The Morgan fingerprint density at radius 3 is 0.941 bits per heavy atom. The van der Waals surface area contributed by atoms with Gasteiger partial charge in [-0.3, -0.25) is 0 Å². The van der Waals surface area contributed by atoms with Crippen LogP contribution in [0.5, 0.6) is 11.5 Å². The van der Waals surface area contributed by atoms with Crippen LogP contribution in [-0.2, 0) is 0 Å². The number of benzene rings is 2. The first-order valence-electron chi connectivity index (χ1n) is 10.4. The molecule has 0 atom stereocenters. The van der Waals surface area contributed by atoms with Crippen molar-refractivity contribution in [2.24, 2.45) is 20.0 Å². The molecule has 164 valence electrons. The minimum absolute atomic E-state index is 0.0433. The molecule has 2 aromatic carbocycles. The van der Waals surface area contributed by atoms with Crippen LogP contribution in [0.4, 0.5) is 23.3 Å². The molecule has 2 aromatic heterocycles. The quantitative estimate of drug-likeness (QED) is 0.340. The van der Waals surface area contributed by atoms with Gasteiger partial charge >= 0.3 is 0 Å². The number of aromatic hydroxyl groups is 2. The molecule has 1 aliphatic heterocycles. The maximum atomic E-state index is 10.7. The Hall–Kier alpha value is -4.98. The zero-order chi connectivity index (χ0) is 23.3. The molecule has 34 heavy (non-hydrogen) atoms. The number of rotatable bonds is 0. The van der Waals surface area contributed by atoms with Gasteiger partial charge in [0, 0.05) is 47.1 Å². The summed E-state index contributed by atoms with van der Waals surface area (Å²) < 4.78 is 0. The summed E-state index contributed by atoms with van der Waals surface area (Å²) in [5, 5.41) is 21.3. The highest BCUT2D eigenvalue weighted by Crippen LogP contribution is 2.24. The summed E-state index contributed by atoms with van der Waals surface area (Å²) in [6, 6.07) is 21.1. The van der Waals surface area contributed by atoms with Gasteiger partial charge in [-0.2, -0.15) is 0 Å². The molecule has 0 spiro atoms. The molecule has 1 aliphatic rings. The molecular formula is C26H18N6O2. The third-order valence-electron chi connectivity index (χ3n) is 4.98. The molecule has 0 radical (unpaired) electrons. The Morgan fingerprint density at radius 1 is 0.382 bits per heavy atom. The van der Waals surface area contributed by atoms with Crippen LogP contribution in [0.1, 0.15) is 22.3 Å². The van der Waals surface area contributed by atoms with Gasteiger partial charge in [0.25, 0.3) is 0 Å². The van der Waals surface area contributed by atoms with Crippen LogP contribution in [0.15, 0.2) is 92.8 Å². The van der Waals surface area contributed by atoms with Crippen molar-refractivity contribution in [2.75, 3.05) is 0 Å². The van der Waals surface area contributed by atoms with Crippen molar-refractivity contribution >= 4 is 48.1 Å². The van der Waals surface area contributed by atoms with Crippen LogP contribution in [0.25, 0.3) is 0 Å². The van der Waals surface area contributed by atoms with Crippen molar-refractivity contribution < 1.29 is 10.2 Å². The number of aliphatic imine (C=N–C) groups is 4. The standard InChI is InChI=1S/C26H18N6O2/c33-25-17-5-1-6-18(25)14-28-22-10-4-12-24(32-22)30-16-20-8-2-7-19(26(20)34)15-29-23-11-3-9-21(31-23)27-13-17/h1-16,33-34H/b27-13+,28-14+,29-15+,30-16+. The maximum absolute atomic E-state index is 10.7. The molecule has 0 amide bonds. The van der Waals surface area contributed by atoms with E-state index in [1.807, 2.05) is 0 Å². The molecule has 4 aromatic rings. The molecule has 0 aliphatic carbocycles. The molecular weight excluding hydrogens is 428 g/mol. The molecule has 0 saturated carbocycles. The van der Waals surface area contributed by atoms with E-state index in [-0.39, 0.29) is 11.5 Å². The Bertz CT molecular complexity index is 1280. The monoisotopic (exact) mass is 446 g/mol. The number of hydrogen-bond acceptors (Lipinski definition) is 8. The van der Waals surface area contributed by atoms with Gasteiger partial charge in [-0.25, -0.2) is 29.9 Å². The summed E-state index contributed by atoms with van der Waals surface area (Å²) in [6.45, 7) is 0. The van der Waals surface area contributed by atoms with Gasteiger partial charge in [0.15, 0.2) is 23.3 Å². The Labute approximate surface area is 195 Å². The zero-order valence-corrected chi connectivity index (χ0v) is 17.8. The van der Waals surface area contributed by atoms with E-state index in [0.29, 0.717) is 45.5 Å². The lowest BCUT2D eigenvalue weighted by Gasteiger charge is -2.04. The van der Waals surface area contributed by atoms with Crippen LogP contribution in [0, 0.1) is 0 Å². The van der Waals surface area contributed by atoms with Crippen molar-refractivity contribution in [3.05, 3.63) is 95.1 Å². The predicted molar refractivity (Wildman–Crippen MR) is 134 cm³/mol. The number of nitrogens with zero attached hydrogens (tertiary/aromatic N) is 6. The highest BCUT2D eigenvalue weighted by Gasteiger charge is 2.06. The topological polar surface area (TPSA) is 116 Å². The fourth-order valence-electron chi connectivity index (χ4n) is 3.23. The molecule has 0 unspecified atom stereocenters. The summed E-state index contributed by atoms with van der Waals surface area (Å²) in [5.74, 6) is 1.79. The average Bonchev–Trinajstić information content (AvgIpc) is 2.86. The number of para-hydroxylation sites is 2. The minimum Gasteiger partial charge on any atom is -0.507 e. The maximum Gasteiger partial charge on any atom is 0.154 e. The average molecular weight is 446 g/mol. The molecule has 8 heteroatoms. The van der Waals surface area contributed by atoms with Crippen LogP contribution in [0.2, 0.25) is 0 Å². The van der Waals surface area contributed by atoms with E-state index in [2.05, 4.69) is 29.9 Å². The third kappa shape index (κ3) is 4.61. The summed E-state index contributed by atoms with van der Waals surface area (Å²) in [6.07, 6.45) is 6.13. The van der Waals surface area contributed by atoms with E-state index >= 15 is 0 Å². The predicted octanol–water partition coefficient (Wildman–Crippen LogP) is 5.20. The van der Waals surface area contributed by atoms with E-state index in [4.69, 9.17) is 0 Å². The fraction of sp³-hybridized carbons (Fsp3) is 0. The van der Waals surface area contributed by atoms with E-state index in [1.165, 1.54) is 24.9 Å². The number of phenols is 2. The van der Waals surface area contributed by atoms with Crippen molar-refractivity contribution in [3.8, 4) is 11.5 Å². The van der Waals surface area contributed by atoms with Gasteiger partial charge in [0.1, 0.15) is 11.5 Å². The first-order valence-corrected chi connectivity index (χ1v) is 10.4. The lowest BCUT2D eigenvalue weighted by Crippen LogP contribution is -1.90.